The zero-order chi connectivity index (χ0) is 20.5. The van der Waals surface area contributed by atoms with Gasteiger partial charge in [-0.3, -0.25) is 0 Å². The van der Waals surface area contributed by atoms with E-state index >= 15 is 0 Å². The van der Waals surface area contributed by atoms with E-state index in [1.165, 1.54) is 41.2 Å². The molecular formula is C26H30O2. The number of carboxylic acid groups (broad SMARTS) is 1. The second-order valence-corrected chi connectivity index (χ2v) is 9.18. The Morgan fingerprint density at radius 3 is 2.29 bits per heavy atom. The maximum atomic E-state index is 10.8. The van der Waals surface area contributed by atoms with Gasteiger partial charge in [0.25, 0.3) is 0 Å². The minimum atomic E-state index is -0.921. The van der Waals surface area contributed by atoms with E-state index in [-0.39, 0.29) is 10.8 Å². The largest absolute Gasteiger partial charge is 0.478 e. The molecule has 0 heterocycles. The van der Waals surface area contributed by atoms with E-state index in [1.54, 1.807) is 6.92 Å². The fraction of sp³-hybridized carbons (Fsp3) is 0.346. The van der Waals surface area contributed by atoms with Crippen LogP contribution in [0.15, 0.2) is 60.2 Å². The van der Waals surface area contributed by atoms with Gasteiger partial charge in [0.1, 0.15) is 0 Å². The van der Waals surface area contributed by atoms with Gasteiger partial charge < -0.3 is 5.11 Å². The first-order valence-corrected chi connectivity index (χ1v) is 9.94. The van der Waals surface area contributed by atoms with Crippen molar-refractivity contribution in [2.24, 2.45) is 0 Å². The molecule has 0 saturated heterocycles. The molecule has 146 valence electrons. The average Bonchev–Trinajstić information content (AvgIpc) is 2.63. The van der Waals surface area contributed by atoms with Gasteiger partial charge in [-0.15, -0.1) is 0 Å². The summed E-state index contributed by atoms with van der Waals surface area (Å²) in [6, 6.07) is 15.2. The van der Waals surface area contributed by atoms with Crippen LogP contribution in [-0.2, 0) is 15.6 Å². The van der Waals surface area contributed by atoms with Crippen molar-refractivity contribution in [3.05, 3.63) is 76.9 Å². The van der Waals surface area contributed by atoms with Crippen molar-refractivity contribution in [2.75, 3.05) is 0 Å². The molecule has 0 fully saturated rings. The predicted octanol–water partition coefficient (Wildman–Crippen LogP) is 6.75. The number of hydrogen-bond acceptors (Lipinski definition) is 1. The van der Waals surface area contributed by atoms with E-state index in [4.69, 9.17) is 5.11 Å². The lowest BCUT2D eigenvalue weighted by Gasteiger charge is -2.42. The van der Waals surface area contributed by atoms with Gasteiger partial charge in [0.2, 0.25) is 0 Å². The maximum absolute atomic E-state index is 10.8. The first-order valence-electron chi connectivity index (χ1n) is 9.94. The summed E-state index contributed by atoms with van der Waals surface area (Å²) >= 11 is 0. The number of aliphatic carboxylic acids is 1. The molecule has 0 spiro atoms. The average molecular weight is 375 g/mol. The molecule has 2 nitrogen and oxygen atoms in total. The smallest absolute Gasteiger partial charge is 0.328 e. The van der Waals surface area contributed by atoms with Gasteiger partial charge in [-0.25, -0.2) is 4.79 Å². The number of hydrogen-bond donors (Lipinski definition) is 1. The van der Waals surface area contributed by atoms with Crippen LogP contribution in [0.25, 0.3) is 17.2 Å². The highest BCUT2D eigenvalue weighted by molar-refractivity contribution is 5.82. The summed E-state index contributed by atoms with van der Waals surface area (Å²) < 4.78 is 0. The van der Waals surface area contributed by atoms with E-state index in [2.05, 4.69) is 64.1 Å². The fourth-order valence-electron chi connectivity index (χ4n) is 4.13. The molecule has 1 N–H and O–H groups in total. The first kappa shape index (κ1) is 20.1. The van der Waals surface area contributed by atoms with Crippen molar-refractivity contribution in [1.29, 1.82) is 0 Å². The minimum Gasteiger partial charge on any atom is -0.478 e. The Balaban J connectivity index is 2.07. The molecule has 2 heteroatoms. The molecule has 28 heavy (non-hydrogen) atoms. The Labute approximate surface area is 168 Å². The molecule has 0 aromatic heterocycles. The Kier molecular flexibility index (Phi) is 5.34. The molecule has 0 radical (unpaired) electrons. The van der Waals surface area contributed by atoms with Crippen molar-refractivity contribution >= 4 is 12.0 Å². The van der Waals surface area contributed by atoms with Crippen LogP contribution in [0.3, 0.4) is 0 Å². The van der Waals surface area contributed by atoms with Crippen LogP contribution in [0.1, 0.15) is 64.2 Å². The third kappa shape index (κ3) is 4.11. The Hall–Kier alpha value is -2.61. The quantitative estimate of drug-likeness (QED) is 0.475. The molecule has 0 bridgehead atoms. The number of benzene rings is 2. The highest BCUT2D eigenvalue weighted by Gasteiger charge is 2.36. The molecule has 0 saturated carbocycles. The van der Waals surface area contributed by atoms with E-state index in [9.17, 15) is 4.79 Å². The molecule has 0 amide bonds. The van der Waals surface area contributed by atoms with Gasteiger partial charge in [0.05, 0.1) is 0 Å². The molecule has 2 aromatic rings. The van der Waals surface area contributed by atoms with E-state index in [1.807, 2.05) is 18.2 Å². The summed E-state index contributed by atoms with van der Waals surface area (Å²) in [4.78, 5) is 10.8. The first-order chi connectivity index (χ1) is 13.1. The lowest BCUT2D eigenvalue weighted by atomic mass is 9.63. The van der Waals surface area contributed by atoms with Crippen LogP contribution < -0.4 is 0 Å². The second kappa shape index (κ2) is 7.43. The van der Waals surface area contributed by atoms with Gasteiger partial charge in [-0.1, -0.05) is 82.3 Å². The highest BCUT2D eigenvalue weighted by atomic mass is 16.4. The van der Waals surface area contributed by atoms with Crippen LogP contribution in [0.4, 0.5) is 0 Å². The second-order valence-electron chi connectivity index (χ2n) is 9.18. The number of fused-ring (bicyclic) bond motifs is 1. The Bertz CT molecular complexity index is 958. The van der Waals surface area contributed by atoms with Crippen molar-refractivity contribution in [1.82, 2.24) is 0 Å². The van der Waals surface area contributed by atoms with Gasteiger partial charge in [0.15, 0.2) is 0 Å². The highest BCUT2D eigenvalue weighted by Crippen LogP contribution is 2.47. The summed E-state index contributed by atoms with van der Waals surface area (Å²) in [7, 11) is 0. The zero-order valence-electron chi connectivity index (χ0n) is 17.5. The third-order valence-corrected chi connectivity index (χ3v) is 6.00. The Morgan fingerprint density at radius 1 is 0.964 bits per heavy atom. The summed E-state index contributed by atoms with van der Waals surface area (Å²) in [5, 5.41) is 8.91. The van der Waals surface area contributed by atoms with E-state index < -0.39 is 5.97 Å². The van der Waals surface area contributed by atoms with Crippen molar-refractivity contribution in [3.63, 3.8) is 0 Å². The van der Waals surface area contributed by atoms with Crippen molar-refractivity contribution in [2.45, 2.75) is 58.3 Å². The zero-order valence-corrected chi connectivity index (χ0v) is 17.5. The number of allylic oxidation sites excluding steroid dienone is 2. The molecule has 0 aliphatic heterocycles. The standard InChI is InChI=1S/C26H30O2/c1-18(16-24(27)28)10-11-19-8-6-7-9-21(19)20-12-13-22-23(17-20)26(4,5)15-14-25(22,2)3/h6-13,16-17H,14-15H2,1-5H3,(H,27,28)/b11-10+,18-16+. The van der Waals surface area contributed by atoms with Crippen LogP contribution in [-0.4, -0.2) is 11.1 Å². The van der Waals surface area contributed by atoms with Crippen molar-refractivity contribution < 1.29 is 9.90 Å². The number of carbonyl (C=O) groups is 1. The summed E-state index contributed by atoms with van der Waals surface area (Å²) in [6.07, 6.45) is 7.48. The minimum absolute atomic E-state index is 0.173. The van der Waals surface area contributed by atoms with Crippen LogP contribution in [0.2, 0.25) is 0 Å². The fourth-order valence-corrected chi connectivity index (χ4v) is 4.13. The normalized spacial score (nSPS) is 18.1. The molecule has 3 rings (SSSR count). The van der Waals surface area contributed by atoms with Gasteiger partial charge in [-0.05, 0) is 64.0 Å². The third-order valence-electron chi connectivity index (χ3n) is 6.00. The number of rotatable bonds is 4. The van der Waals surface area contributed by atoms with Crippen LogP contribution in [0, 0.1) is 0 Å². The molecule has 0 atom stereocenters. The van der Waals surface area contributed by atoms with E-state index in [0.29, 0.717) is 0 Å². The molecule has 0 unspecified atom stereocenters. The lowest BCUT2D eigenvalue weighted by Crippen LogP contribution is -2.33. The summed E-state index contributed by atoms with van der Waals surface area (Å²) in [5.74, 6) is -0.921. The van der Waals surface area contributed by atoms with Crippen molar-refractivity contribution in [3.8, 4) is 11.1 Å². The van der Waals surface area contributed by atoms with Gasteiger partial charge >= 0.3 is 5.97 Å². The summed E-state index contributed by atoms with van der Waals surface area (Å²) in [5.41, 5.74) is 7.48. The van der Waals surface area contributed by atoms with Crippen LogP contribution >= 0.6 is 0 Å². The molecule has 1 aliphatic rings. The van der Waals surface area contributed by atoms with Crippen LogP contribution in [0.5, 0.6) is 0 Å². The lowest BCUT2D eigenvalue weighted by molar-refractivity contribution is -0.131. The molecule has 1 aliphatic carbocycles. The Morgan fingerprint density at radius 2 is 1.61 bits per heavy atom. The summed E-state index contributed by atoms with van der Waals surface area (Å²) in [6.45, 7) is 11.2. The number of carboxylic acids is 1. The topological polar surface area (TPSA) is 37.3 Å². The predicted molar refractivity (Wildman–Crippen MR) is 118 cm³/mol. The van der Waals surface area contributed by atoms with Gasteiger partial charge in [0, 0.05) is 6.08 Å². The van der Waals surface area contributed by atoms with E-state index in [0.717, 1.165) is 11.1 Å². The monoisotopic (exact) mass is 374 g/mol. The maximum Gasteiger partial charge on any atom is 0.328 e. The van der Waals surface area contributed by atoms with Gasteiger partial charge in [-0.2, -0.15) is 0 Å². The molecular weight excluding hydrogens is 344 g/mol. The SMILES string of the molecule is CC(/C=C/c1ccccc1-c1ccc2c(c1)C(C)(C)CCC2(C)C)=C\C(=O)O. The molecule has 2 aromatic carbocycles.